The summed E-state index contributed by atoms with van der Waals surface area (Å²) in [5.74, 6) is 0.114. The molecule has 5 nitrogen and oxygen atoms in total. The standard InChI is InChI=1S/C22H25N3O2/c1-15(26)17-3-5-21-19(13-17)20-14-18(16(2)27)4-6-22(20)25(21)12-11-24-9-7-23-8-10-24/h3-6,13-14,23H,7-12H2,1-2H3. The average Bonchev–Trinajstić information content (AvgIpc) is 2.99. The fraction of sp³-hybridized carbons (Fsp3) is 0.364. The maximum Gasteiger partial charge on any atom is 0.159 e. The summed E-state index contributed by atoms with van der Waals surface area (Å²) in [7, 11) is 0. The van der Waals surface area contributed by atoms with Gasteiger partial charge in [-0.1, -0.05) is 0 Å². The highest BCUT2D eigenvalue weighted by Crippen LogP contribution is 2.31. The van der Waals surface area contributed by atoms with Crippen LogP contribution in [0.1, 0.15) is 34.6 Å². The molecule has 4 rings (SSSR count). The van der Waals surface area contributed by atoms with E-state index in [9.17, 15) is 9.59 Å². The highest BCUT2D eigenvalue weighted by atomic mass is 16.1. The van der Waals surface area contributed by atoms with Crippen molar-refractivity contribution in [2.45, 2.75) is 20.4 Å². The predicted octanol–water partition coefficient (Wildman–Crippen LogP) is 3.10. The third-order valence-electron chi connectivity index (χ3n) is 5.53. The summed E-state index contributed by atoms with van der Waals surface area (Å²) < 4.78 is 2.32. The number of hydrogen-bond donors (Lipinski definition) is 1. The molecular weight excluding hydrogens is 338 g/mol. The van der Waals surface area contributed by atoms with Gasteiger partial charge in [0.25, 0.3) is 0 Å². The van der Waals surface area contributed by atoms with Crippen LogP contribution >= 0.6 is 0 Å². The average molecular weight is 363 g/mol. The zero-order chi connectivity index (χ0) is 19.0. The zero-order valence-electron chi connectivity index (χ0n) is 15.9. The Kier molecular flexibility index (Phi) is 4.81. The second-order valence-corrected chi connectivity index (χ2v) is 7.32. The van der Waals surface area contributed by atoms with Gasteiger partial charge in [0.1, 0.15) is 0 Å². The van der Waals surface area contributed by atoms with Crippen molar-refractivity contribution in [1.82, 2.24) is 14.8 Å². The summed E-state index contributed by atoms with van der Waals surface area (Å²) in [6, 6.07) is 11.8. The Labute approximate surface area is 158 Å². The molecule has 0 radical (unpaired) electrons. The Morgan fingerprint density at radius 1 is 0.852 bits per heavy atom. The van der Waals surface area contributed by atoms with Gasteiger partial charge >= 0.3 is 0 Å². The molecule has 0 spiro atoms. The third kappa shape index (κ3) is 3.40. The molecule has 0 unspecified atom stereocenters. The lowest BCUT2D eigenvalue weighted by Gasteiger charge is -2.27. The largest absolute Gasteiger partial charge is 0.339 e. The number of carbonyl (C=O) groups excluding carboxylic acids is 2. The Balaban J connectivity index is 1.82. The number of nitrogens with zero attached hydrogens (tertiary/aromatic N) is 2. The van der Waals surface area contributed by atoms with E-state index in [1.807, 2.05) is 36.4 Å². The van der Waals surface area contributed by atoms with Gasteiger partial charge in [-0.25, -0.2) is 0 Å². The van der Waals surface area contributed by atoms with Gasteiger partial charge in [-0.05, 0) is 50.2 Å². The van der Waals surface area contributed by atoms with Crippen LogP contribution in [0.25, 0.3) is 21.8 Å². The molecule has 1 fully saturated rings. The van der Waals surface area contributed by atoms with Crippen LogP contribution in [0.15, 0.2) is 36.4 Å². The van der Waals surface area contributed by atoms with Crippen molar-refractivity contribution in [3.8, 4) is 0 Å². The molecule has 1 aromatic heterocycles. The molecule has 0 aliphatic carbocycles. The lowest BCUT2D eigenvalue weighted by Crippen LogP contribution is -2.44. The lowest BCUT2D eigenvalue weighted by molar-refractivity contribution is 0.100. The van der Waals surface area contributed by atoms with Crippen molar-refractivity contribution in [2.24, 2.45) is 0 Å². The number of hydrogen-bond acceptors (Lipinski definition) is 4. The predicted molar refractivity (Wildman–Crippen MR) is 109 cm³/mol. The molecule has 140 valence electrons. The second-order valence-electron chi connectivity index (χ2n) is 7.32. The fourth-order valence-corrected chi connectivity index (χ4v) is 3.96. The first-order valence-corrected chi connectivity index (χ1v) is 9.55. The van der Waals surface area contributed by atoms with Crippen LogP contribution in [0.2, 0.25) is 0 Å². The van der Waals surface area contributed by atoms with Crippen LogP contribution in [0.3, 0.4) is 0 Å². The summed E-state index contributed by atoms with van der Waals surface area (Å²) in [5.41, 5.74) is 3.64. The number of rotatable bonds is 5. The molecular formula is C22H25N3O2. The third-order valence-corrected chi connectivity index (χ3v) is 5.53. The van der Waals surface area contributed by atoms with Gasteiger partial charge in [0.2, 0.25) is 0 Å². The number of Topliss-reactive ketones (excluding diaryl/α,β-unsaturated/α-hetero) is 2. The maximum absolute atomic E-state index is 11.9. The molecule has 0 amide bonds. The monoisotopic (exact) mass is 363 g/mol. The first-order valence-electron chi connectivity index (χ1n) is 9.55. The Bertz CT molecular complexity index is 958. The molecule has 1 aliphatic rings. The summed E-state index contributed by atoms with van der Waals surface area (Å²) >= 11 is 0. The van der Waals surface area contributed by atoms with Crippen molar-refractivity contribution in [1.29, 1.82) is 0 Å². The van der Waals surface area contributed by atoms with Crippen LogP contribution in [0, 0.1) is 0 Å². The molecule has 1 aliphatic heterocycles. The van der Waals surface area contributed by atoms with Crippen molar-refractivity contribution in [3.05, 3.63) is 47.5 Å². The van der Waals surface area contributed by atoms with Gasteiger partial charge in [0.05, 0.1) is 0 Å². The van der Waals surface area contributed by atoms with Gasteiger partial charge < -0.3 is 9.88 Å². The topological polar surface area (TPSA) is 54.3 Å². The number of fused-ring (bicyclic) bond motifs is 3. The van der Waals surface area contributed by atoms with Gasteiger partial charge in [-0.2, -0.15) is 0 Å². The second kappa shape index (κ2) is 7.25. The summed E-state index contributed by atoms with van der Waals surface area (Å²) in [5, 5.41) is 5.47. The van der Waals surface area contributed by atoms with E-state index in [0.29, 0.717) is 11.1 Å². The number of benzene rings is 2. The van der Waals surface area contributed by atoms with E-state index < -0.39 is 0 Å². The molecule has 27 heavy (non-hydrogen) atoms. The minimum absolute atomic E-state index is 0.0568. The van der Waals surface area contributed by atoms with E-state index in [1.165, 1.54) is 0 Å². The first kappa shape index (κ1) is 17.9. The van der Waals surface area contributed by atoms with Crippen LogP contribution in [-0.2, 0) is 6.54 Å². The first-order chi connectivity index (χ1) is 13.0. The van der Waals surface area contributed by atoms with Gasteiger partial charge in [0.15, 0.2) is 11.6 Å². The summed E-state index contributed by atoms with van der Waals surface area (Å²) in [4.78, 5) is 26.2. The highest BCUT2D eigenvalue weighted by molar-refractivity contribution is 6.12. The summed E-state index contributed by atoms with van der Waals surface area (Å²) in [6.07, 6.45) is 0. The van der Waals surface area contributed by atoms with Gasteiger partial charge in [0, 0.05) is 72.2 Å². The number of ketones is 2. The van der Waals surface area contributed by atoms with Crippen molar-refractivity contribution < 1.29 is 9.59 Å². The van der Waals surface area contributed by atoms with E-state index in [1.54, 1.807) is 13.8 Å². The molecule has 1 N–H and O–H groups in total. The van der Waals surface area contributed by atoms with Gasteiger partial charge in [-0.3, -0.25) is 14.5 Å². The molecule has 2 heterocycles. The molecule has 5 heteroatoms. The Morgan fingerprint density at radius 3 is 1.85 bits per heavy atom. The smallest absolute Gasteiger partial charge is 0.159 e. The highest BCUT2D eigenvalue weighted by Gasteiger charge is 2.15. The minimum atomic E-state index is 0.0568. The number of piperazine rings is 1. The Morgan fingerprint density at radius 2 is 1.37 bits per heavy atom. The molecule has 1 saturated heterocycles. The minimum Gasteiger partial charge on any atom is -0.339 e. The van der Waals surface area contributed by atoms with Crippen molar-refractivity contribution in [2.75, 3.05) is 32.7 Å². The van der Waals surface area contributed by atoms with Crippen LogP contribution < -0.4 is 5.32 Å². The van der Waals surface area contributed by atoms with Gasteiger partial charge in [-0.15, -0.1) is 0 Å². The number of aromatic nitrogens is 1. The molecule has 3 aromatic rings. The normalized spacial score (nSPS) is 15.5. The van der Waals surface area contributed by atoms with E-state index in [4.69, 9.17) is 0 Å². The molecule has 0 saturated carbocycles. The van der Waals surface area contributed by atoms with E-state index in [2.05, 4.69) is 14.8 Å². The Hall–Kier alpha value is -2.50. The van der Waals surface area contributed by atoms with Crippen molar-refractivity contribution >= 4 is 33.4 Å². The molecule has 0 bridgehead atoms. The van der Waals surface area contributed by atoms with E-state index >= 15 is 0 Å². The maximum atomic E-state index is 11.9. The van der Waals surface area contributed by atoms with Crippen LogP contribution in [0.4, 0.5) is 0 Å². The summed E-state index contributed by atoms with van der Waals surface area (Å²) in [6.45, 7) is 9.27. The number of nitrogens with one attached hydrogen (secondary N) is 1. The van der Waals surface area contributed by atoms with Crippen LogP contribution in [0.5, 0.6) is 0 Å². The number of carbonyl (C=O) groups is 2. The van der Waals surface area contributed by atoms with E-state index in [-0.39, 0.29) is 11.6 Å². The van der Waals surface area contributed by atoms with E-state index in [0.717, 1.165) is 61.1 Å². The lowest BCUT2D eigenvalue weighted by atomic mass is 10.0. The van der Waals surface area contributed by atoms with Crippen LogP contribution in [-0.4, -0.2) is 53.8 Å². The molecule has 0 atom stereocenters. The molecule has 2 aromatic carbocycles. The SMILES string of the molecule is CC(=O)c1ccc2c(c1)c1cc(C(C)=O)ccc1n2CCN1CCNCC1. The quantitative estimate of drug-likeness (QED) is 0.708. The zero-order valence-corrected chi connectivity index (χ0v) is 15.9. The fourth-order valence-electron chi connectivity index (χ4n) is 3.96. The van der Waals surface area contributed by atoms with Crippen molar-refractivity contribution in [3.63, 3.8) is 0 Å².